The van der Waals surface area contributed by atoms with E-state index in [0.29, 0.717) is 12.0 Å². The van der Waals surface area contributed by atoms with Crippen LogP contribution >= 0.6 is 0 Å². The van der Waals surface area contributed by atoms with Gasteiger partial charge in [0.25, 0.3) is 0 Å². The van der Waals surface area contributed by atoms with Crippen molar-refractivity contribution in [2.45, 2.75) is 39.3 Å². The van der Waals surface area contributed by atoms with Gasteiger partial charge in [-0.3, -0.25) is 0 Å². The van der Waals surface area contributed by atoms with Crippen LogP contribution in [0.5, 0.6) is 0 Å². The zero-order valence-corrected chi connectivity index (χ0v) is 13.8. The zero-order chi connectivity index (χ0) is 15.2. The molecule has 118 valence electrons. The highest BCUT2D eigenvalue weighted by Crippen LogP contribution is 2.18. The second-order valence-corrected chi connectivity index (χ2v) is 6.60. The first kappa shape index (κ1) is 16.2. The number of hydrogen-bond acceptors (Lipinski definition) is 5. The molecular formula is C16H29N5. The molecule has 5 nitrogen and oxygen atoms in total. The van der Waals surface area contributed by atoms with Crippen LogP contribution in [0.1, 0.15) is 32.3 Å². The Hall–Kier alpha value is -1.20. The van der Waals surface area contributed by atoms with Crippen molar-refractivity contribution >= 4 is 5.95 Å². The van der Waals surface area contributed by atoms with E-state index in [-0.39, 0.29) is 0 Å². The molecule has 1 aliphatic heterocycles. The molecule has 0 amide bonds. The van der Waals surface area contributed by atoms with E-state index in [1.165, 1.54) is 12.8 Å². The van der Waals surface area contributed by atoms with Crippen LogP contribution < -0.4 is 10.2 Å². The largest absolute Gasteiger partial charge is 0.341 e. The van der Waals surface area contributed by atoms with E-state index < -0.39 is 0 Å². The maximum absolute atomic E-state index is 4.53. The number of piperidine rings is 1. The molecule has 0 unspecified atom stereocenters. The highest BCUT2D eigenvalue weighted by Gasteiger charge is 2.21. The van der Waals surface area contributed by atoms with Gasteiger partial charge in [-0.25, -0.2) is 9.97 Å². The van der Waals surface area contributed by atoms with Crippen molar-refractivity contribution in [3.63, 3.8) is 0 Å². The molecule has 2 heterocycles. The Morgan fingerprint density at radius 3 is 2.38 bits per heavy atom. The van der Waals surface area contributed by atoms with Crippen molar-refractivity contribution in [3.8, 4) is 0 Å². The zero-order valence-electron chi connectivity index (χ0n) is 13.8. The molecule has 0 radical (unpaired) electrons. The Bertz CT molecular complexity index is 407. The van der Waals surface area contributed by atoms with Gasteiger partial charge in [-0.1, -0.05) is 13.8 Å². The average molecular weight is 291 g/mol. The molecular weight excluding hydrogens is 262 g/mol. The standard InChI is InChI=1S/C16H29N5/c1-13(2)9-17-10-14-11-18-16(19-12-14)21-7-5-15(6-8-21)20(3)4/h11-13,15,17H,5-10H2,1-4H3. The summed E-state index contributed by atoms with van der Waals surface area (Å²) in [5.74, 6) is 1.54. The van der Waals surface area contributed by atoms with E-state index in [0.717, 1.165) is 37.7 Å². The summed E-state index contributed by atoms with van der Waals surface area (Å²) < 4.78 is 0. The summed E-state index contributed by atoms with van der Waals surface area (Å²) in [6.07, 6.45) is 6.28. The van der Waals surface area contributed by atoms with Crippen LogP contribution in [0.15, 0.2) is 12.4 Å². The fourth-order valence-electron chi connectivity index (χ4n) is 2.69. The Morgan fingerprint density at radius 2 is 1.86 bits per heavy atom. The van der Waals surface area contributed by atoms with Crippen LogP contribution in [0.3, 0.4) is 0 Å². The highest BCUT2D eigenvalue weighted by atomic mass is 15.3. The van der Waals surface area contributed by atoms with Crippen LogP contribution in [0.4, 0.5) is 5.95 Å². The van der Waals surface area contributed by atoms with Crippen LogP contribution in [0, 0.1) is 5.92 Å². The van der Waals surface area contributed by atoms with Crippen LogP contribution in [0.25, 0.3) is 0 Å². The molecule has 0 atom stereocenters. The molecule has 21 heavy (non-hydrogen) atoms. The summed E-state index contributed by atoms with van der Waals surface area (Å²) in [5.41, 5.74) is 1.16. The van der Waals surface area contributed by atoms with Crippen molar-refractivity contribution in [2.24, 2.45) is 5.92 Å². The lowest BCUT2D eigenvalue weighted by Crippen LogP contribution is -2.42. The molecule has 2 rings (SSSR count). The van der Waals surface area contributed by atoms with Gasteiger partial charge in [0, 0.05) is 43.6 Å². The lowest BCUT2D eigenvalue weighted by molar-refractivity contribution is 0.249. The average Bonchev–Trinajstić information content (AvgIpc) is 2.48. The highest BCUT2D eigenvalue weighted by molar-refractivity contribution is 5.30. The minimum absolute atomic E-state index is 0.670. The predicted molar refractivity (Wildman–Crippen MR) is 87.5 cm³/mol. The minimum atomic E-state index is 0.670. The van der Waals surface area contributed by atoms with Gasteiger partial charge in [-0.05, 0) is 39.4 Å². The Labute approximate surface area is 128 Å². The fraction of sp³-hybridized carbons (Fsp3) is 0.750. The second kappa shape index (κ2) is 7.71. The Morgan fingerprint density at radius 1 is 1.24 bits per heavy atom. The first-order valence-electron chi connectivity index (χ1n) is 7.99. The van der Waals surface area contributed by atoms with Crippen molar-refractivity contribution in [1.29, 1.82) is 0 Å². The summed E-state index contributed by atoms with van der Waals surface area (Å²) in [5, 5.41) is 3.42. The number of nitrogens with one attached hydrogen (secondary N) is 1. The van der Waals surface area contributed by atoms with Crippen LogP contribution in [0.2, 0.25) is 0 Å². The SMILES string of the molecule is CC(C)CNCc1cnc(N2CCC(N(C)C)CC2)nc1. The van der Waals surface area contributed by atoms with Gasteiger partial charge >= 0.3 is 0 Å². The molecule has 1 aromatic heterocycles. The number of aromatic nitrogens is 2. The van der Waals surface area contributed by atoms with E-state index in [2.05, 4.69) is 53.0 Å². The van der Waals surface area contributed by atoms with Gasteiger partial charge in [0.2, 0.25) is 5.95 Å². The van der Waals surface area contributed by atoms with Crippen LogP contribution in [-0.2, 0) is 6.54 Å². The quantitative estimate of drug-likeness (QED) is 0.865. The van der Waals surface area contributed by atoms with E-state index in [9.17, 15) is 0 Å². The number of nitrogens with zero attached hydrogens (tertiary/aromatic N) is 4. The molecule has 0 aliphatic carbocycles. The smallest absolute Gasteiger partial charge is 0.225 e. The van der Waals surface area contributed by atoms with Gasteiger partial charge in [-0.2, -0.15) is 0 Å². The van der Waals surface area contributed by atoms with Crippen molar-refractivity contribution in [3.05, 3.63) is 18.0 Å². The number of anilines is 1. The fourth-order valence-corrected chi connectivity index (χ4v) is 2.69. The maximum Gasteiger partial charge on any atom is 0.225 e. The van der Waals surface area contributed by atoms with Gasteiger partial charge in [0.15, 0.2) is 0 Å². The summed E-state index contributed by atoms with van der Waals surface area (Å²) in [4.78, 5) is 13.7. The van der Waals surface area contributed by atoms with Gasteiger partial charge in [-0.15, -0.1) is 0 Å². The lowest BCUT2D eigenvalue weighted by atomic mass is 10.0. The predicted octanol–water partition coefficient (Wildman–Crippen LogP) is 1.75. The summed E-state index contributed by atoms with van der Waals surface area (Å²) in [6.45, 7) is 8.40. The normalized spacial score (nSPS) is 17.0. The number of rotatable bonds is 6. The third kappa shape index (κ3) is 4.93. The molecule has 1 fully saturated rings. The molecule has 0 bridgehead atoms. The minimum Gasteiger partial charge on any atom is -0.341 e. The number of hydrogen-bond donors (Lipinski definition) is 1. The van der Waals surface area contributed by atoms with Crippen LogP contribution in [-0.4, -0.2) is 54.6 Å². The maximum atomic E-state index is 4.53. The van der Waals surface area contributed by atoms with E-state index in [4.69, 9.17) is 0 Å². The monoisotopic (exact) mass is 291 g/mol. The molecule has 1 aromatic rings. The molecule has 5 heteroatoms. The van der Waals surface area contributed by atoms with E-state index in [1.807, 2.05) is 12.4 Å². The lowest BCUT2D eigenvalue weighted by Gasteiger charge is -2.35. The Balaban J connectivity index is 1.82. The van der Waals surface area contributed by atoms with Crippen molar-refractivity contribution in [1.82, 2.24) is 20.2 Å². The molecule has 1 aliphatic rings. The first-order valence-corrected chi connectivity index (χ1v) is 7.99. The third-order valence-electron chi connectivity index (χ3n) is 4.05. The van der Waals surface area contributed by atoms with E-state index >= 15 is 0 Å². The molecule has 0 saturated carbocycles. The molecule has 1 saturated heterocycles. The second-order valence-electron chi connectivity index (χ2n) is 6.60. The molecule has 0 spiro atoms. The summed E-state index contributed by atoms with van der Waals surface area (Å²) in [6, 6.07) is 0.695. The third-order valence-corrected chi connectivity index (χ3v) is 4.05. The Kier molecular flexibility index (Phi) is 5.94. The molecule has 1 N–H and O–H groups in total. The van der Waals surface area contributed by atoms with Crippen molar-refractivity contribution < 1.29 is 0 Å². The van der Waals surface area contributed by atoms with Crippen molar-refractivity contribution in [2.75, 3.05) is 38.6 Å². The summed E-state index contributed by atoms with van der Waals surface area (Å²) >= 11 is 0. The first-order chi connectivity index (χ1) is 10.1. The topological polar surface area (TPSA) is 44.3 Å². The van der Waals surface area contributed by atoms with Gasteiger partial charge in [0.1, 0.15) is 0 Å². The summed E-state index contributed by atoms with van der Waals surface area (Å²) in [7, 11) is 4.32. The van der Waals surface area contributed by atoms with Gasteiger partial charge < -0.3 is 15.1 Å². The van der Waals surface area contributed by atoms with E-state index in [1.54, 1.807) is 0 Å². The molecule has 0 aromatic carbocycles. The van der Waals surface area contributed by atoms with Gasteiger partial charge in [0.05, 0.1) is 0 Å².